The number of nitrogens with zero attached hydrogens (tertiary/aromatic N) is 1. The first-order valence-corrected chi connectivity index (χ1v) is 6.11. The monoisotopic (exact) mass is 257 g/mol. The van der Waals surface area contributed by atoms with Gasteiger partial charge in [-0.1, -0.05) is 12.1 Å². The molecule has 0 radical (unpaired) electrons. The van der Waals surface area contributed by atoms with E-state index in [9.17, 15) is 9.18 Å². The molecule has 0 aliphatic rings. The highest BCUT2D eigenvalue weighted by molar-refractivity contribution is 6.30. The third-order valence-corrected chi connectivity index (χ3v) is 2.97. The van der Waals surface area contributed by atoms with Crippen LogP contribution in [-0.4, -0.2) is 22.7 Å². The second-order valence-electron chi connectivity index (χ2n) is 3.97. The van der Waals surface area contributed by atoms with Gasteiger partial charge < -0.3 is 4.90 Å². The third-order valence-electron chi connectivity index (χ3n) is 2.78. The number of hydrogen-bond acceptors (Lipinski definition) is 1. The smallest absolute Gasteiger partial charge is 0.240 e. The Morgan fingerprint density at radius 3 is 2.29 bits per heavy atom. The molecule has 17 heavy (non-hydrogen) atoms. The molecule has 0 saturated heterocycles. The van der Waals surface area contributed by atoms with Crippen molar-refractivity contribution < 1.29 is 9.18 Å². The van der Waals surface area contributed by atoms with E-state index in [0.29, 0.717) is 6.54 Å². The topological polar surface area (TPSA) is 20.3 Å². The van der Waals surface area contributed by atoms with Crippen molar-refractivity contribution in [2.45, 2.75) is 32.2 Å². The lowest BCUT2D eigenvalue weighted by Gasteiger charge is -2.29. The fourth-order valence-corrected chi connectivity index (χ4v) is 1.90. The van der Waals surface area contributed by atoms with Crippen LogP contribution in [0.3, 0.4) is 0 Å². The van der Waals surface area contributed by atoms with Gasteiger partial charge in [-0.05, 0) is 38.5 Å². The summed E-state index contributed by atoms with van der Waals surface area (Å²) < 4.78 is 12.8. The molecule has 0 aliphatic heterocycles. The van der Waals surface area contributed by atoms with Gasteiger partial charge in [0.1, 0.15) is 11.2 Å². The highest BCUT2D eigenvalue weighted by atomic mass is 35.5. The molecule has 0 N–H and O–H groups in total. The highest BCUT2D eigenvalue weighted by Crippen LogP contribution is 2.21. The molecule has 0 spiro atoms. The Balaban J connectivity index is 2.89. The van der Waals surface area contributed by atoms with E-state index in [1.54, 1.807) is 24.0 Å². The van der Waals surface area contributed by atoms with Crippen molar-refractivity contribution in [3.8, 4) is 0 Å². The molecule has 2 unspecified atom stereocenters. The van der Waals surface area contributed by atoms with Crippen LogP contribution in [-0.2, 0) is 4.79 Å². The van der Waals surface area contributed by atoms with Crippen LogP contribution in [0.15, 0.2) is 24.3 Å². The quantitative estimate of drug-likeness (QED) is 0.758. The van der Waals surface area contributed by atoms with E-state index < -0.39 is 5.38 Å². The summed E-state index contributed by atoms with van der Waals surface area (Å²) in [7, 11) is 0. The molecule has 2 nitrogen and oxygen atoms in total. The molecule has 0 saturated carbocycles. The molecule has 0 fully saturated rings. The van der Waals surface area contributed by atoms with Gasteiger partial charge in [0, 0.05) is 6.54 Å². The maximum absolute atomic E-state index is 12.8. The predicted molar refractivity (Wildman–Crippen MR) is 67.5 cm³/mol. The fourth-order valence-electron chi connectivity index (χ4n) is 1.77. The number of carbonyl (C=O) groups is 1. The minimum Gasteiger partial charge on any atom is -0.335 e. The van der Waals surface area contributed by atoms with Gasteiger partial charge in [-0.3, -0.25) is 4.79 Å². The van der Waals surface area contributed by atoms with Crippen molar-refractivity contribution in [1.82, 2.24) is 4.90 Å². The van der Waals surface area contributed by atoms with Crippen LogP contribution < -0.4 is 0 Å². The lowest BCUT2D eigenvalue weighted by atomic mass is 10.1. The Kier molecular flexibility index (Phi) is 4.94. The number of carbonyl (C=O) groups excluding carboxylic acids is 1. The van der Waals surface area contributed by atoms with Crippen molar-refractivity contribution in [1.29, 1.82) is 0 Å². The first kappa shape index (κ1) is 14.0. The number of hydrogen-bond donors (Lipinski definition) is 0. The minimum absolute atomic E-state index is 0.103. The van der Waals surface area contributed by atoms with Gasteiger partial charge in [0.25, 0.3) is 0 Å². The van der Waals surface area contributed by atoms with Gasteiger partial charge in [0.05, 0.1) is 6.04 Å². The summed E-state index contributed by atoms with van der Waals surface area (Å²) in [6.07, 6.45) is 0. The summed E-state index contributed by atoms with van der Waals surface area (Å²) in [4.78, 5) is 13.6. The Morgan fingerprint density at radius 1 is 1.35 bits per heavy atom. The van der Waals surface area contributed by atoms with Crippen molar-refractivity contribution in [3.63, 3.8) is 0 Å². The average Bonchev–Trinajstić information content (AvgIpc) is 2.30. The Hall–Kier alpha value is -1.09. The molecule has 1 rings (SSSR count). The van der Waals surface area contributed by atoms with E-state index >= 15 is 0 Å². The fraction of sp³-hybridized carbons (Fsp3) is 0.462. The van der Waals surface area contributed by atoms with Crippen LogP contribution in [0.4, 0.5) is 4.39 Å². The van der Waals surface area contributed by atoms with Crippen LogP contribution in [0.1, 0.15) is 32.4 Å². The Morgan fingerprint density at radius 2 is 1.88 bits per heavy atom. The lowest BCUT2D eigenvalue weighted by molar-refractivity contribution is -0.132. The van der Waals surface area contributed by atoms with E-state index in [2.05, 4.69) is 0 Å². The van der Waals surface area contributed by atoms with E-state index in [1.807, 2.05) is 13.8 Å². The number of alkyl halides is 1. The van der Waals surface area contributed by atoms with E-state index in [1.165, 1.54) is 12.1 Å². The summed E-state index contributed by atoms with van der Waals surface area (Å²) in [5.41, 5.74) is 0.902. The van der Waals surface area contributed by atoms with Crippen LogP contribution in [0.2, 0.25) is 0 Å². The van der Waals surface area contributed by atoms with Crippen LogP contribution >= 0.6 is 11.6 Å². The Bertz CT molecular complexity index is 378. The van der Waals surface area contributed by atoms with Crippen molar-refractivity contribution in [3.05, 3.63) is 35.6 Å². The predicted octanol–water partition coefficient (Wildman–Crippen LogP) is 3.36. The maximum Gasteiger partial charge on any atom is 0.240 e. The number of amides is 1. The standard InChI is InChI=1S/C13H17ClFNO/c1-4-16(13(17)9(2)14)10(3)11-5-7-12(15)8-6-11/h5-10H,4H2,1-3H3. The lowest BCUT2D eigenvalue weighted by Crippen LogP contribution is -2.37. The maximum atomic E-state index is 12.8. The molecule has 0 bridgehead atoms. The van der Waals surface area contributed by atoms with Gasteiger partial charge in [0.15, 0.2) is 0 Å². The van der Waals surface area contributed by atoms with Gasteiger partial charge in [-0.2, -0.15) is 0 Å². The molecule has 0 aliphatic carbocycles. The zero-order valence-electron chi connectivity index (χ0n) is 10.3. The summed E-state index contributed by atoms with van der Waals surface area (Å²) in [5, 5.41) is -0.544. The number of benzene rings is 1. The SMILES string of the molecule is CCN(C(=O)C(C)Cl)C(C)c1ccc(F)cc1. The molecule has 0 aromatic heterocycles. The van der Waals surface area contributed by atoms with Crippen LogP contribution in [0.5, 0.6) is 0 Å². The first-order chi connectivity index (χ1) is 7.97. The normalized spacial score (nSPS) is 14.2. The third kappa shape index (κ3) is 3.43. The zero-order valence-corrected chi connectivity index (χ0v) is 11.0. The molecular formula is C13H17ClFNO. The molecule has 4 heteroatoms. The summed E-state index contributed by atoms with van der Waals surface area (Å²) >= 11 is 5.81. The van der Waals surface area contributed by atoms with Crippen LogP contribution in [0.25, 0.3) is 0 Å². The van der Waals surface area contributed by atoms with Gasteiger partial charge in [-0.25, -0.2) is 4.39 Å². The number of rotatable bonds is 4. The second kappa shape index (κ2) is 6.01. The van der Waals surface area contributed by atoms with Gasteiger partial charge in [-0.15, -0.1) is 11.6 Å². The molecular weight excluding hydrogens is 241 g/mol. The molecule has 2 atom stereocenters. The number of halogens is 2. The summed E-state index contributed by atoms with van der Waals surface area (Å²) in [5.74, 6) is -0.382. The summed E-state index contributed by atoms with van der Waals surface area (Å²) in [6, 6.07) is 6.07. The average molecular weight is 258 g/mol. The first-order valence-electron chi connectivity index (χ1n) is 5.67. The largest absolute Gasteiger partial charge is 0.335 e. The molecule has 1 aromatic carbocycles. The second-order valence-corrected chi connectivity index (χ2v) is 4.62. The zero-order chi connectivity index (χ0) is 13.0. The van der Waals surface area contributed by atoms with E-state index in [-0.39, 0.29) is 17.8 Å². The minimum atomic E-state index is -0.544. The molecule has 94 valence electrons. The Labute approximate surface area is 106 Å². The van der Waals surface area contributed by atoms with E-state index in [0.717, 1.165) is 5.56 Å². The summed E-state index contributed by atoms with van der Waals surface area (Å²) in [6.45, 7) is 6.05. The molecule has 1 aromatic rings. The highest BCUT2D eigenvalue weighted by Gasteiger charge is 2.23. The molecule has 1 amide bonds. The van der Waals surface area contributed by atoms with Crippen LogP contribution in [0, 0.1) is 5.82 Å². The van der Waals surface area contributed by atoms with E-state index in [4.69, 9.17) is 11.6 Å². The van der Waals surface area contributed by atoms with Gasteiger partial charge >= 0.3 is 0 Å². The van der Waals surface area contributed by atoms with Gasteiger partial charge in [0.2, 0.25) is 5.91 Å². The van der Waals surface area contributed by atoms with Crippen molar-refractivity contribution in [2.24, 2.45) is 0 Å². The van der Waals surface area contributed by atoms with Crippen molar-refractivity contribution in [2.75, 3.05) is 6.54 Å². The van der Waals surface area contributed by atoms with Crippen molar-refractivity contribution >= 4 is 17.5 Å². The molecule has 0 heterocycles.